The van der Waals surface area contributed by atoms with E-state index in [1.54, 1.807) is 44.2 Å². The zero-order valence-electron chi connectivity index (χ0n) is 15.3. The van der Waals surface area contributed by atoms with Crippen LogP contribution in [0.5, 0.6) is 11.5 Å². The normalized spacial score (nSPS) is 13.8. The van der Waals surface area contributed by atoms with Gasteiger partial charge in [0.15, 0.2) is 17.6 Å². The highest BCUT2D eigenvalue weighted by Gasteiger charge is 2.22. The second-order valence-corrected chi connectivity index (χ2v) is 6.33. The van der Waals surface area contributed by atoms with Crippen molar-refractivity contribution < 1.29 is 27.9 Å². The zero-order valence-corrected chi connectivity index (χ0v) is 15.3. The Kier molecular flexibility index (Phi) is 4.68. The average molecular weight is 384 g/mol. The number of esters is 1. The standard InChI is InChI=1S/C20H17FN2O5/c1-11-3-4-13(9-15(11)21)18-22-19(28-23-18)12(2)27-20(24)14-5-6-16-17(10-14)26-8-7-25-16/h3-6,9-10,12H,7-8H2,1-2H3. The van der Waals surface area contributed by atoms with Gasteiger partial charge in [-0.25, -0.2) is 9.18 Å². The van der Waals surface area contributed by atoms with Gasteiger partial charge in [-0.05, 0) is 43.7 Å². The molecule has 1 aliphatic heterocycles. The van der Waals surface area contributed by atoms with E-state index in [1.807, 2.05) is 0 Å². The molecule has 0 saturated heterocycles. The molecule has 0 fully saturated rings. The van der Waals surface area contributed by atoms with Gasteiger partial charge in [0.1, 0.15) is 19.0 Å². The van der Waals surface area contributed by atoms with Gasteiger partial charge in [-0.3, -0.25) is 0 Å². The third-order valence-electron chi connectivity index (χ3n) is 4.28. The van der Waals surface area contributed by atoms with Crippen molar-refractivity contribution in [3.63, 3.8) is 0 Å². The van der Waals surface area contributed by atoms with Crippen LogP contribution in [0, 0.1) is 12.7 Å². The van der Waals surface area contributed by atoms with Crippen molar-refractivity contribution >= 4 is 5.97 Å². The number of nitrogens with zero attached hydrogens (tertiary/aromatic N) is 2. The molecule has 1 atom stereocenters. The number of hydrogen-bond acceptors (Lipinski definition) is 7. The molecule has 0 bridgehead atoms. The Morgan fingerprint density at radius 1 is 1.14 bits per heavy atom. The monoisotopic (exact) mass is 384 g/mol. The quantitative estimate of drug-likeness (QED) is 0.631. The van der Waals surface area contributed by atoms with Crippen molar-refractivity contribution in [1.82, 2.24) is 10.1 Å². The largest absolute Gasteiger partial charge is 0.486 e. The van der Waals surface area contributed by atoms with E-state index < -0.39 is 12.1 Å². The van der Waals surface area contributed by atoms with E-state index in [0.29, 0.717) is 41.4 Å². The first kappa shape index (κ1) is 18.0. The van der Waals surface area contributed by atoms with E-state index in [-0.39, 0.29) is 17.5 Å². The van der Waals surface area contributed by atoms with Crippen LogP contribution in [0.15, 0.2) is 40.9 Å². The number of halogens is 1. The summed E-state index contributed by atoms with van der Waals surface area (Å²) in [5.74, 6) is 0.489. The number of ether oxygens (including phenoxy) is 3. The highest BCUT2D eigenvalue weighted by atomic mass is 19.1. The summed E-state index contributed by atoms with van der Waals surface area (Å²) >= 11 is 0. The SMILES string of the molecule is Cc1ccc(-c2noc(C(C)OC(=O)c3ccc4c(c3)OCCO4)n2)cc1F. The van der Waals surface area contributed by atoms with Gasteiger partial charge in [-0.2, -0.15) is 4.98 Å². The van der Waals surface area contributed by atoms with Crippen LogP contribution >= 0.6 is 0 Å². The molecule has 1 aromatic heterocycles. The fourth-order valence-electron chi connectivity index (χ4n) is 2.70. The first-order valence-corrected chi connectivity index (χ1v) is 8.72. The lowest BCUT2D eigenvalue weighted by Crippen LogP contribution is -2.16. The van der Waals surface area contributed by atoms with Crippen LogP contribution in [0.4, 0.5) is 4.39 Å². The highest BCUT2D eigenvalue weighted by molar-refractivity contribution is 5.90. The second-order valence-electron chi connectivity index (χ2n) is 6.33. The first-order chi connectivity index (χ1) is 13.5. The Labute approximate surface area is 160 Å². The molecule has 2 heterocycles. The predicted molar refractivity (Wildman–Crippen MR) is 95.7 cm³/mol. The highest BCUT2D eigenvalue weighted by Crippen LogP contribution is 2.31. The number of carbonyl (C=O) groups excluding carboxylic acids is 1. The van der Waals surface area contributed by atoms with Crippen LogP contribution < -0.4 is 9.47 Å². The van der Waals surface area contributed by atoms with Gasteiger partial charge in [-0.15, -0.1) is 0 Å². The molecular weight excluding hydrogens is 367 g/mol. The van der Waals surface area contributed by atoms with Crippen LogP contribution in [-0.4, -0.2) is 29.3 Å². The molecule has 0 radical (unpaired) electrons. The summed E-state index contributed by atoms with van der Waals surface area (Å²) in [4.78, 5) is 16.6. The van der Waals surface area contributed by atoms with Crippen LogP contribution in [0.2, 0.25) is 0 Å². The summed E-state index contributed by atoms with van der Waals surface area (Å²) in [7, 11) is 0. The van der Waals surface area contributed by atoms with Gasteiger partial charge in [-0.1, -0.05) is 17.3 Å². The number of rotatable bonds is 4. The molecule has 144 valence electrons. The summed E-state index contributed by atoms with van der Waals surface area (Å²) in [6, 6.07) is 9.47. The van der Waals surface area contributed by atoms with Crippen molar-refractivity contribution in [2.75, 3.05) is 13.2 Å². The minimum absolute atomic E-state index is 0.113. The summed E-state index contributed by atoms with van der Waals surface area (Å²) in [5, 5.41) is 3.84. The number of hydrogen-bond donors (Lipinski definition) is 0. The Hall–Kier alpha value is -3.42. The minimum atomic E-state index is -0.780. The van der Waals surface area contributed by atoms with Gasteiger partial charge in [0.05, 0.1) is 5.56 Å². The van der Waals surface area contributed by atoms with Crippen molar-refractivity contribution in [2.24, 2.45) is 0 Å². The molecule has 7 nitrogen and oxygen atoms in total. The van der Waals surface area contributed by atoms with Gasteiger partial charge in [0, 0.05) is 5.56 Å². The molecule has 1 aliphatic rings. The maximum atomic E-state index is 13.7. The maximum Gasteiger partial charge on any atom is 0.339 e. The molecule has 4 rings (SSSR count). The summed E-state index contributed by atoms with van der Waals surface area (Å²) in [6.45, 7) is 4.17. The van der Waals surface area contributed by atoms with Crippen LogP contribution in [-0.2, 0) is 4.74 Å². The number of fused-ring (bicyclic) bond motifs is 1. The molecule has 0 saturated carbocycles. The number of carbonyl (C=O) groups is 1. The summed E-state index contributed by atoms with van der Waals surface area (Å²) in [5.41, 5.74) is 1.31. The number of aromatic nitrogens is 2. The Balaban J connectivity index is 1.48. The molecule has 3 aromatic rings. The number of aryl methyl sites for hydroxylation is 1. The van der Waals surface area contributed by atoms with E-state index in [9.17, 15) is 9.18 Å². The molecule has 2 aromatic carbocycles. The molecule has 0 N–H and O–H groups in total. The minimum Gasteiger partial charge on any atom is -0.486 e. The van der Waals surface area contributed by atoms with Gasteiger partial charge < -0.3 is 18.7 Å². The summed E-state index contributed by atoms with van der Waals surface area (Å²) < 4.78 is 35.2. The van der Waals surface area contributed by atoms with Crippen molar-refractivity contribution in [1.29, 1.82) is 0 Å². The van der Waals surface area contributed by atoms with E-state index in [0.717, 1.165) is 0 Å². The van der Waals surface area contributed by atoms with Gasteiger partial charge in [0.2, 0.25) is 5.82 Å². The fraction of sp³-hybridized carbons (Fsp3) is 0.250. The molecule has 28 heavy (non-hydrogen) atoms. The van der Waals surface area contributed by atoms with Gasteiger partial charge in [0.25, 0.3) is 5.89 Å². The third kappa shape index (κ3) is 3.53. The van der Waals surface area contributed by atoms with E-state index >= 15 is 0 Å². The maximum absolute atomic E-state index is 13.7. The van der Waals surface area contributed by atoms with E-state index in [1.165, 1.54) is 6.07 Å². The predicted octanol–water partition coefficient (Wildman–Crippen LogP) is 3.87. The smallest absolute Gasteiger partial charge is 0.339 e. The molecule has 8 heteroatoms. The Bertz CT molecular complexity index is 1030. The zero-order chi connectivity index (χ0) is 19.7. The van der Waals surface area contributed by atoms with Crippen LogP contribution in [0.1, 0.15) is 34.8 Å². The van der Waals surface area contributed by atoms with Crippen LogP contribution in [0.3, 0.4) is 0 Å². The topological polar surface area (TPSA) is 83.7 Å². The lowest BCUT2D eigenvalue weighted by Gasteiger charge is -2.18. The Morgan fingerprint density at radius 3 is 2.71 bits per heavy atom. The van der Waals surface area contributed by atoms with Gasteiger partial charge >= 0.3 is 5.97 Å². The first-order valence-electron chi connectivity index (χ1n) is 8.72. The van der Waals surface area contributed by atoms with E-state index in [2.05, 4.69) is 10.1 Å². The summed E-state index contributed by atoms with van der Waals surface area (Å²) in [6.07, 6.45) is -0.780. The molecule has 0 amide bonds. The third-order valence-corrected chi connectivity index (χ3v) is 4.28. The number of benzene rings is 2. The lowest BCUT2D eigenvalue weighted by atomic mass is 10.1. The van der Waals surface area contributed by atoms with E-state index in [4.69, 9.17) is 18.7 Å². The molecular formula is C20H17FN2O5. The second kappa shape index (κ2) is 7.30. The lowest BCUT2D eigenvalue weighted by molar-refractivity contribution is 0.0264. The molecule has 0 aliphatic carbocycles. The average Bonchev–Trinajstić information content (AvgIpc) is 3.20. The Morgan fingerprint density at radius 2 is 1.93 bits per heavy atom. The molecule has 0 spiro atoms. The van der Waals surface area contributed by atoms with Crippen molar-refractivity contribution in [2.45, 2.75) is 20.0 Å². The fourth-order valence-corrected chi connectivity index (χ4v) is 2.70. The van der Waals surface area contributed by atoms with Crippen molar-refractivity contribution in [3.8, 4) is 22.9 Å². The van der Waals surface area contributed by atoms with Crippen LogP contribution in [0.25, 0.3) is 11.4 Å². The molecule has 1 unspecified atom stereocenters. The van der Waals surface area contributed by atoms with Crippen molar-refractivity contribution in [3.05, 3.63) is 59.2 Å².